The summed E-state index contributed by atoms with van der Waals surface area (Å²) in [6, 6.07) is 0.135. The zero-order valence-electron chi connectivity index (χ0n) is 11.1. The second kappa shape index (κ2) is 7.78. The van der Waals surface area contributed by atoms with Gasteiger partial charge in [0.2, 0.25) is 0 Å². The number of thiocarbonyl (C=S) groups is 1. The maximum atomic E-state index is 11.5. The Morgan fingerprint density at radius 3 is 2.53 bits per heavy atom. The molecular formula is C11H19N3O4S. The molecule has 0 aliphatic carbocycles. The highest BCUT2D eigenvalue weighted by molar-refractivity contribution is 7.80. The molecule has 0 aromatic rings. The fourth-order valence-corrected chi connectivity index (χ4v) is 2.04. The van der Waals surface area contributed by atoms with Gasteiger partial charge in [-0.25, -0.2) is 9.59 Å². The Balaban J connectivity index is 2.28. The molecule has 1 aliphatic heterocycles. The fraction of sp³-hybridized carbons (Fsp3) is 0.727. The molecule has 0 unspecified atom stereocenters. The van der Waals surface area contributed by atoms with Gasteiger partial charge in [-0.1, -0.05) is 0 Å². The number of hydrogen-bond donors (Lipinski definition) is 2. The molecule has 0 saturated carbocycles. The molecule has 19 heavy (non-hydrogen) atoms. The van der Waals surface area contributed by atoms with Crippen molar-refractivity contribution >= 4 is 29.5 Å². The second-order valence-electron chi connectivity index (χ2n) is 4.05. The number of alkyl carbamates (subject to hydrolysis) is 1. The summed E-state index contributed by atoms with van der Waals surface area (Å²) >= 11 is 4.97. The number of likely N-dealkylation sites (tertiary alicyclic amines) is 1. The van der Waals surface area contributed by atoms with Gasteiger partial charge >= 0.3 is 12.2 Å². The Morgan fingerprint density at radius 1 is 1.37 bits per heavy atom. The van der Waals surface area contributed by atoms with Gasteiger partial charge in [-0.3, -0.25) is 5.32 Å². The molecule has 2 N–H and O–H groups in total. The highest BCUT2D eigenvalue weighted by atomic mass is 32.1. The first kappa shape index (κ1) is 15.5. The topological polar surface area (TPSA) is 79.9 Å². The molecule has 0 radical (unpaired) electrons. The average molecular weight is 289 g/mol. The predicted octanol–water partition coefficient (Wildman–Crippen LogP) is 0.838. The third-order valence-electron chi connectivity index (χ3n) is 2.76. The molecule has 2 amide bonds. The van der Waals surface area contributed by atoms with Crippen LogP contribution < -0.4 is 10.6 Å². The van der Waals surface area contributed by atoms with E-state index in [0.29, 0.717) is 19.7 Å². The molecule has 1 aliphatic rings. The Kier molecular flexibility index (Phi) is 6.34. The molecule has 108 valence electrons. The number of nitrogens with one attached hydrogen (secondary N) is 2. The van der Waals surface area contributed by atoms with Gasteiger partial charge in [-0.05, 0) is 32.0 Å². The molecule has 0 spiro atoms. The fourth-order valence-electron chi connectivity index (χ4n) is 1.79. The maximum Gasteiger partial charge on any atom is 0.413 e. The van der Waals surface area contributed by atoms with E-state index in [9.17, 15) is 9.59 Å². The zero-order chi connectivity index (χ0) is 14.3. The maximum absolute atomic E-state index is 11.5. The molecule has 0 bridgehead atoms. The van der Waals surface area contributed by atoms with Gasteiger partial charge in [-0.15, -0.1) is 0 Å². The first-order valence-corrected chi connectivity index (χ1v) is 6.54. The molecule has 1 rings (SSSR count). The highest BCUT2D eigenvalue weighted by Crippen LogP contribution is 2.11. The van der Waals surface area contributed by atoms with Crippen molar-refractivity contribution in [3.05, 3.63) is 0 Å². The number of methoxy groups -OCH3 is 1. The summed E-state index contributed by atoms with van der Waals surface area (Å²) in [5.41, 5.74) is 0. The van der Waals surface area contributed by atoms with Gasteiger partial charge in [0.05, 0.1) is 13.7 Å². The van der Waals surface area contributed by atoms with Crippen LogP contribution >= 0.6 is 12.2 Å². The van der Waals surface area contributed by atoms with Gasteiger partial charge in [0.25, 0.3) is 0 Å². The van der Waals surface area contributed by atoms with E-state index in [0.717, 1.165) is 12.8 Å². The lowest BCUT2D eigenvalue weighted by atomic mass is 10.1. The smallest absolute Gasteiger partial charge is 0.413 e. The van der Waals surface area contributed by atoms with Gasteiger partial charge in [0.1, 0.15) is 0 Å². The van der Waals surface area contributed by atoms with Gasteiger partial charge in [-0.2, -0.15) is 0 Å². The van der Waals surface area contributed by atoms with Crippen LogP contribution in [0.3, 0.4) is 0 Å². The number of carbonyl (C=O) groups excluding carboxylic acids is 2. The Bertz CT molecular complexity index is 343. The van der Waals surface area contributed by atoms with E-state index >= 15 is 0 Å². The van der Waals surface area contributed by atoms with Crippen LogP contribution in [0.2, 0.25) is 0 Å². The molecule has 0 atom stereocenters. The number of rotatable bonds is 2. The van der Waals surface area contributed by atoms with Crippen LogP contribution in [-0.2, 0) is 9.47 Å². The Hall–Kier alpha value is -1.57. The molecule has 1 fully saturated rings. The van der Waals surface area contributed by atoms with Crippen LogP contribution in [0.1, 0.15) is 19.8 Å². The third kappa shape index (κ3) is 5.29. The third-order valence-corrected chi connectivity index (χ3v) is 2.98. The van der Waals surface area contributed by atoms with Crippen molar-refractivity contribution in [1.82, 2.24) is 15.5 Å². The van der Waals surface area contributed by atoms with E-state index in [1.54, 1.807) is 11.8 Å². The lowest BCUT2D eigenvalue weighted by Crippen LogP contribution is -2.50. The number of hydrogen-bond acceptors (Lipinski definition) is 5. The monoisotopic (exact) mass is 289 g/mol. The van der Waals surface area contributed by atoms with E-state index in [2.05, 4.69) is 15.4 Å². The van der Waals surface area contributed by atoms with Crippen molar-refractivity contribution < 1.29 is 19.1 Å². The SMILES string of the molecule is CCOC(=O)N1CCC(NC(=S)NC(=O)OC)CC1. The molecule has 0 aromatic heterocycles. The summed E-state index contributed by atoms with van der Waals surface area (Å²) in [6.45, 7) is 3.38. The lowest BCUT2D eigenvalue weighted by molar-refractivity contribution is 0.0963. The van der Waals surface area contributed by atoms with Crippen molar-refractivity contribution in [2.24, 2.45) is 0 Å². The molecule has 1 heterocycles. The molecular weight excluding hydrogens is 270 g/mol. The summed E-state index contributed by atoms with van der Waals surface area (Å²) in [4.78, 5) is 24.1. The predicted molar refractivity (Wildman–Crippen MR) is 72.9 cm³/mol. The van der Waals surface area contributed by atoms with Crippen LogP contribution in [0, 0.1) is 0 Å². The van der Waals surface area contributed by atoms with Crippen LogP contribution in [0.25, 0.3) is 0 Å². The van der Waals surface area contributed by atoms with Gasteiger partial charge in [0.15, 0.2) is 5.11 Å². The summed E-state index contributed by atoms with van der Waals surface area (Å²) < 4.78 is 9.37. The zero-order valence-corrected chi connectivity index (χ0v) is 11.9. The summed E-state index contributed by atoms with van der Waals surface area (Å²) in [5, 5.41) is 5.64. The van der Waals surface area contributed by atoms with Crippen molar-refractivity contribution in [3.63, 3.8) is 0 Å². The second-order valence-corrected chi connectivity index (χ2v) is 4.46. The molecule has 1 saturated heterocycles. The molecule has 7 nitrogen and oxygen atoms in total. The minimum absolute atomic E-state index is 0.135. The van der Waals surface area contributed by atoms with E-state index in [1.807, 2.05) is 0 Å². The van der Waals surface area contributed by atoms with Crippen LogP contribution in [0.5, 0.6) is 0 Å². The van der Waals surface area contributed by atoms with Crippen molar-refractivity contribution in [2.45, 2.75) is 25.8 Å². The minimum atomic E-state index is -0.596. The number of ether oxygens (including phenoxy) is 2. The summed E-state index contributed by atoms with van der Waals surface area (Å²) in [5.74, 6) is 0. The van der Waals surface area contributed by atoms with Gasteiger partial charge < -0.3 is 19.7 Å². The standard InChI is InChI=1S/C11H19N3O4S/c1-3-18-11(16)14-6-4-8(5-7-14)12-9(19)13-10(15)17-2/h8H,3-7H2,1-2H3,(H2,12,13,15,19). The van der Waals surface area contributed by atoms with Gasteiger partial charge in [0, 0.05) is 19.1 Å². The van der Waals surface area contributed by atoms with Crippen LogP contribution in [0.4, 0.5) is 9.59 Å². The van der Waals surface area contributed by atoms with E-state index < -0.39 is 6.09 Å². The van der Waals surface area contributed by atoms with E-state index in [4.69, 9.17) is 17.0 Å². The highest BCUT2D eigenvalue weighted by Gasteiger charge is 2.24. The number of nitrogens with zero attached hydrogens (tertiary/aromatic N) is 1. The van der Waals surface area contributed by atoms with Crippen molar-refractivity contribution in [1.29, 1.82) is 0 Å². The summed E-state index contributed by atoms with van der Waals surface area (Å²) in [6.07, 6.45) is 0.626. The van der Waals surface area contributed by atoms with Crippen LogP contribution in [0.15, 0.2) is 0 Å². The van der Waals surface area contributed by atoms with Crippen LogP contribution in [-0.4, -0.2) is 55.0 Å². The first-order valence-electron chi connectivity index (χ1n) is 6.14. The van der Waals surface area contributed by atoms with Crippen molar-refractivity contribution in [3.8, 4) is 0 Å². The average Bonchev–Trinajstić information content (AvgIpc) is 2.39. The largest absolute Gasteiger partial charge is 0.453 e. The Morgan fingerprint density at radius 2 is 2.00 bits per heavy atom. The van der Waals surface area contributed by atoms with E-state index in [1.165, 1.54) is 7.11 Å². The molecule has 0 aromatic carbocycles. The molecule has 8 heteroatoms. The Labute approximate surface area is 117 Å². The normalized spacial score (nSPS) is 15.6. The quantitative estimate of drug-likeness (QED) is 0.733. The lowest BCUT2D eigenvalue weighted by Gasteiger charge is -2.32. The minimum Gasteiger partial charge on any atom is -0.453 e. The number of piperidine rings is 1. The first-order chi connectivity index (χ1) is 9.06. The number of carbonyl (C=O) groups is 2. The number of amides is 2. The van der Waals surface area contributed by atoms with E-state index in [-0.39, 0.29) is 17.2 Å². The van der Waals surface area contributed by atoms with Crippen molar-refractivity contribution in [2.75, 3.05) is 26.8 Å². The summed E-state index contributed by atoms with van der Waals surface area (Å²) in [7, 11) is 1.27.